The number of nitrogens with zero attached hydrogens (tertiary/aromatic N) is 2. The number of benzene rings is 1. The zero-order valence-corrected chi connectivity index (χ0v) is 14.2. The van der Waals surface area contributed by atoms with Gasteiger partial charge in [-0.15, -0.1) is 0 Å². The summed E-state index contributed by atoms with van der Waals surface area (Å²) in [5.74, 6) is 0.207. The summed E-state index contributed by atoms with van der Waals surface area (Å²) in [6.07, 6.45) is 6.85. The van der Waals surface area contributed by atoms with Crippen LogP contribution in [0.3, 0.4) is 0 Å². The van der Waals surface area contributed by atoms with Crippen LogP contribution in [0.15, 0.2) is 36.7 Å². The Balaban J connectivity index is 2.25. The molecular formula is C19H21FN2O2. The number of carbonyl (C=O) groups excluding carboxylic acids is 1. The van der Waals surface area contributed by atoms with Crippen LogP contribution in [0.25, 0.3) is 5.57 Å². The molecule has 1 heterocycles. The predicted octanol–water partition coefficient (Wildman–Crippen LogP) is 3.81. The first-order valence-corrected chi connectivity index (χ1v) is 7.80. The van der Waals surface area contributed by atoms with E-state index in [2.05, 4.69) is 9.97 Å². The lowest BCUT2D eigenvalue weighted by atomic mass is 9.99. The highest BCUT2D eigenvalue weighted by atomic mass is 19.1. The predicted molar refractivity (Wildman–Crippen MR) is 90.8 cm³/mol. The first kappa shape index (κ1) is 17.8. The number of esters is 1. The van der Waals surface area contributed by atoms with Crippen LogP contribution in [-0.4, -0.2) is 23.0 Å². The molecule has 0 aliphatic carbocycles. The molecule has 0 atom stereocenters. The molecule has 0 N–H and O–H groups in total. The van der Waals surface area contributed by atoms with Crippen LogP contribution >= 0.6 is 0 Å². The topological polar surface area (TPSA) is 52.1 Å². The van der Waals surface area contributed by atoms with Gasteiger partial charge in [0.15, 0.2) is 0 Å². The van der Waals surface area contributed by atoms with Crippen molar-refractivity contribution >= 4 is 11.5 Å². The first-order chi connectivity index (χ1) is 11.5. The molecular weight excluding hydrogens is 307 g/mol. The van der Waals surface area contributed by atoms with E-state index < -0.39 is 0 Å². The first-order valence-electron chi connectivity index (χ1n) is 7.80. The van der Waals surface area contributed by atoms with E-state index >= 15 is 0 Å². The third-order valence-corrected chi connectivity index (χ3v) is 3.93. The molecule has 0 fully saturated rings. The fraction of sp³-hybridized carbons (Fsp3) is 0.316. The molecule has 24 heavy (non-hydrogen) atoms. The number of aromatic nitrogens is 2. The van der Waals surface area contributed by atoms with Crippen LogP contribution in [0, 0.1) is 19.7 Å². The molecule has 0 bridgehead atoms. The molecule has 0 saturated heterocycles. The van der Waals surface area contributed by atoms with Gasteiger partial charge in [0, 0.05) is 24.4 Å². The summed E-state index contributed by atoms with van der Waals surface area (Å²) in [6.45, 7) is 3.58. The molecule has 126 valence electrons. The molecule has 0 radical (unpaired) electrons. The third-order valence-electron chi connectivity index (χ3n) is 3.93. The minimum absolute atomic E-state index is 0.212. The standard InChI is InChI=1S/C19H21FN2O2/c1-13-15(5-4-6-18(13)20)7-8-16(9-10-19(23)24-3)17-11-21-14(2)22-12-17/h4-6,8,11-12H,7,9-10H2,1-3H3/b16-8+. The number of aryl methyl sites for hydroxylation is 1. The van der Waals surface area contributed by atoms with Crippen LogP contribution in [0.2, 0.25) is 0 Å². The van der Waals surface area contributed by atoms with Gasteiger partial charge < -0.3 is 4.74 Å². The number of carbonyl (C=O) groups is 1. The van der Waals surface area contributed by atoms with Crippen LogP contribution in [0.1, 0.15) is 35.4 Å². The Bertz CT molecular complexity index is 740. The molecule has 5 heteroatoms. The van der Waals surface area contributed by atoms with Crippen molar-refractivity contribution in [3.05, 3.63) is 65.0 Å². The van der Waals surface area contributed by atoms with Gasteiger partial charge in [-0.1, -0.05) is 18.2 Å². The van der Waals surface area contributed by atoms with Crippen molar-refractivity contribution in [1.29, 1.82) is 0 Å². The minimum atomic E-state index is -0.268. The zero-order chi connectivity index (χ0) is 17.5. The Kier molecular flexibility index (Phi) is 6.18. The Hall–Kier alpha value is -2.56. The van der Waals surface area contributed by atoms with Gasteiger partial charge in [0.25, 0.3) is 0 Å². The number of methoxy groups -OCH3 is 1. The monoisotopic (exact) mass is 328 g/mol. The Labute approximate surface area is 141 Å². The number of hydrogen-bond acceptors (Lipinski definition) is 4. The molecule has 1 aromatic carbocycles. The Morgan fingerprint density at radius 1 is 1.21 bits per heavy atom. The van der Waals surface area contributed by atoms with E-state index in [0.717, 1.165) is 16.7 Å². The second-order valence-electron chi connectivity index (χ2n) is 5.55. The summed E-state index contributed by atoms with van der Waals surface area (Å²) >= 11 is 0. The van der Waals surface area contributed by atoms with Crippen molar-refractivity contribution in [1.82, 2.24) is 9.97 Å². The van der Waals surface area contributed by atoms with Gasteiger partial charge in [0.2, 0.25) is 0 Å². The van der Waals surface area contributed by atoms with Gasteiger partial charge in [0.1, 0.15) is 11.6 Å². The summed E-state index contributed by atoms with van der Waals surface area (Å²) in [7, 11) is 1.37. The number of allylic oxidation sites excluding steroid dienone is 2. The molecule has 0 aliphatic heterocycles. The molecule has 4 nitrogen and oxygen atoms in total. The summed E-state index contributed by atoms with van der Waals surface area (Å²) in [5.41, 5.74) is 3.36. The van der Waals surface area contributed by atoms with Gasteiger partial charge in [-0.3, -0.25) is 4.79 Å². The number of rotatable bonds is 6. The summed E-state index contributed by atoms with van der Waals surface area (Å²) in [5, 5.41) is 0. The molecule has 2 aromatic rings. The van der Waals surface area contributed by atoms with Gasteiger partial charge in [-0.05, 0) is 49.5 Å². The normalized spacial score (nSPS) is 11.4. The second-order valence-corrected chi connectivity index (χ2v) is 5.55. The van der Waals surface area contributed by atoms with E-state index in [9.17, 15) is 9.18 Å². The Morgan fingerprint density at radius 2 is 1.92 bits per heavy atom. The van der Waals surface area contributed by atoms with Gasteiger partial charge in [0.05, 0.1) is 7.11 Å². The highest BCUT2D eigenvalue weighted by molar-refractivity contribution is 5.74. The van der Waals surface area contributed by atoms with E-state index in [1.165, 1.54) is 13.2 Å². The maximum atomic E-state index is 13.7. The van der Waals surface area contributed by atoms with E-state index in [1.807, 2.05) is 19.1 Å². The smallest absolute Gasteiger partial charge is 0.305 e. The Morgan fingerprint density at radius 3 is 2.58 bits per heavy atom. The molecule has 0 saturated carbocycles. The van der Waals surface area contributed by atoms with Crippen molar-refractivity contribution in [2.24, 2.45) is 0 Å². The van der Waals surface area contributed by atoms with Crippen LogP contribution in [0.5, 0.6) is 0 Å². The quantitative estimate of drug-likeness (QED) is 0.757. The number of hydrogen-bond donors (Lipinski definition) is 0. The fourth-order valence-corrected chi connectivity index (χ4v) is 2.37. The highest BCUT2D eigenvalue weighted by Gasteiger charge is 2.09. The minimum Gasteiger partial charge on any atom is -0.469 e. The zero-order valence-electron chi connectivity index (χ0n) is 14.2. The van der Waals surface area contributed by atoms with Gasteiger partial charge in [-0.25, -0.2) is 14.4 Å². The largest absolute Gasteiger partial charge is 0.469 e. The lowest BCUT2D eigenvalue weighted by Gasteiger charge is -2.09. The fourth-order valence-electron chi connectivity index (χ4n) is 2.37. The number of halogens is 1. The van der Waals surface area contributed by atoms with Crippen molar-refractivity contribution in [2.75, 3.05) is 7.11 Å². The van der Waals surface area contributed by atoms with E-state index in [-0.39, 0.29) is 18.2 Å². The highest BCUT2D eigenvalue weighted by Crippen LogP contribution is 2.21. The van der Waals surface area contributed by atoms with Gasteiger partial charge in [-0.2, -0.15) is 0 Å². The van der Waals surface area contributed by atoms with Crippen LogP contribution < -0.4 is 0 Å². The number of ether oxygens (including phenoxy) is 1. The van der Waals surface area contributed by atoms with E-state index in [1.54, 1.807) is 25.4 Å². The van der Waals surface area contributed by atoms with Crippen LogP contribution in [-0.2, 0) is 16.0 Å². The van der Waals surface area contributed by atoms with Crippen molar-refractivity contribution in [3.8, 4) is 0 Å². The van der Waals surface area contributed by atoms with Crippen LogP contribution in [0.4, 0.5) is 4.39 Å². The van der Waals surface area contributed by atoms with Crippen molar-refractivity contribution in [2.45, 2.75) is 33.1 Å². The maximum Gasteiger partial charge on any atom is 0.305 e. The molecule has 0 spiro atoms. The lowest BCUT2D eigenvalue weighted by molar-refractivity contribution is -0.140. The van der Waals surface area contributed by atoms with E-state index in [4.69, 9.17) is 4.74 Å². The third kappa shape index (κ3) is 4.72. The maximum absolute atomic E-state index is 13.7. The second kappa shape index (κ2) is 8.34. The lowest BCUT2D eigenvalue weighted by Crippen LogP contribution is -2.01. The molecule has 0 unspecified atom stereocenters. The van der Waals surface area contributed by atoms with Gasteiger partial charge >= 0.3 is 5.97 Å². The SMILES string of the molecule is COC(=O)CC/C(=C\Cc1cccc(F)c1C)c1cnc(C)nc1. The average molecular weight is 328 g/mol. The van der Waals surface area contributed by atoms with E-state index in [0.29, 0.717) is 24.2 Å². The summed E-state index contributed by atoms with van der Waals surface area (Å²) < 4.78 is 18.4. The summed E-state index contributed by atoms with van der Waals surface area (Å²) in [4.78, 5) is 19.9. The van der Waals surface area contributed by atoms with Crippen molar-refractivity contribution in [3.63, 3.8) is 0 Å². The summed E-state index contributed by atoms with van der Waals surface area (Å²) in [6, 6.07) is 5.06. The average Bonchev–Trinajstić information content (AvgIpc) is 2.59. The molecule has 0 aliphatic rings. The van der Waals surface area contributed by atoms with Crippen molar-refractivity contribution < 1.29 is 13.9 Å². The molecule has 1 aromatic heterocycles. The molecule has 0 amide bonds. The molecule has 2 rings (SSSR count).